The molecule has 0 spiro atoms. The molecule has 2 aromatic heterocycles. The Balaban J connectivity index is 1.68. The molecule has 0 bridgehead atoms. The van der Waals surface area contributed by atoms with Crippen LogP contribution in [0.3, 0.4) is 0 Å². The van der Waals surface area contributed by atoms with E-state index in [0.29, 0.717) is 36.8 Å². The van der Waals surface area contributed by atoms with E-state index in [4.69, 9.17) is 0 Å². The number of nitrogens with one attached hydrogen (secondary N) is 2. The Morgan fingerprint density at radius 3 is 2.60 bits per heavy atom. The minimum Gasteiger partial charge on any atom is -0.341 e. The number of aromatic amines is 2. The van der Waals surface area contributed by atoms with E-state index in [1.165, 1.54) is 0 Å². The van der Waals surface area contributed by atoms with Crippen LogP contribution in [-0.4, -0.2) is 56.9 Å². The van der Waals surface area contributed by atoms with Crippen molar-refractivity contribution in [1.29, 1.82) is 0 Å². The third kappa shape index (κ3) is 3.93. The van der Waals surface area contributed by atoms with Gasteiger partial charge in [0.25, 0.3) is 5.56 Å². The molecule has 25 heavy (non-hydrogen) atoms. The van der Waals surface area contributed by atoms with Crippen molar-refractivity contribution in [2.45, 2.75) is 19.8 Å². The summed E-state index contributed by atoms with van der Waals surface area (Å²) in [5.41, 5.74) is -0.343. The first-order valence-corrected chi connectivity index (χ1v) is 8.16. The summed E-state index contributed by atoms with van der Waals surface area (Å²) in [5.74, 6) is 0.529. The molecule has 0 aromatic carbocycles. The number of anilines is 1. The van der Waals surface area contributed by atoms with Crippen LogP contribution in [0.1, 0.15) is 17.7 Å². The largest absolute Gasteiger partial charge is 0.341 e. The minimum absolute atomic E-state index is 0.0280. The number of carbonyl (C=O) groups is 1. The Labute approximate surface area is 143 Å². The molecule has 9 heteroatoms. The number of hydrogen-bond donors (Lipinski definition) is 2. The fourth-order valence-electron chi connectivity index (χ4n) is 2.92. The van der Waals surface area contributed by atoms with E-state index in [-0.39, 0.29) is 12.3 Å². The average Bonchev–Trinajstić information content (AvgIpc) is 2.85. The first-order valence-electron chi connectivity index (χ1n) is 8.16. The molecule has 0 saturated carbocycles. The highest BCUT2D eigenvalue weighted by Crippen LogP contribution is 2.11. The fourth-order valence-corrected chi connectivity index (χ4v) is 2.92. The quantitative estimate of drug-likeness (QED) is 0.771. The SMILES string of the molecule is Cc1[nH]c(=O)[nH]c(=O)c1CC(=O)N1CCCN(c2ncccn2)CC1. The highest BCUT2D eigenvalue weighted by Gasteiger charge is 2.22. The van der Waals surface area contributed by atoms with Gasteiger partial charge in [-0.25, -0.2) is 14.8 Å². The third-order valence-electron chi connectivity index (χ3n) is 4.27. The van der Waals surface area contributed by atoms with E-state index >= 15 is 0 Å². The van der Waals surface area contributed by atoms with Gasteiger partial charge in [-0.2, -0.15) is 0 Å². The fraction of sp³-hybridized carbons (Fsp3) is 0.438. The second-order valence-electron chi connectivity index (χ2n) is 5.96. The molecular weight excluding hydrogens is 324 g/mol. The molecule has 3 heterocycles. The summed E-state index contributed by atoms with van der Waals surface area (Å²) in [7, 11) is 0. The van der Waals surface area contributed by atoms with E-state index in [0.717, 1.165) is 13.0 Å². The molecule has 1 amide bonds. The molecule has 0 unspecified atom stereocenters. The summed E-state index contributed by atoms with van der Waals surface area (Å²) in [6, 6.07) is 1.77. The van der Waals surface area contributed by atoms with Gasteiger partial charge in [0.15, 0.2) is 0 Å². The van der Waals surface area contributed by atoms with Gasteiger partial charge < -0.3 is 14.8 Å². The van der Waals surface area contributed by atoms with Crippen LogP contribution >= 0.6 is 0 Å². The summed E-state index contributed by atoms with van der Waals surface area (Å²) in [4.78, 5) is 52.7. The molecule has 1 aliphatic heterocycles. The Morgan fingerprint density at radius 1 is 1.12 bits per heavy atom. The van der Waals surface area contributed by atoms with Crippen LogP contribution in [-0.2, 0) is 11.2 Å². The number of rotatable bonds is 3. The van der Waals surface area contributed by atoms with Crippen LogP contribution < -0.4 is 16.1 Å². The molecule has 2 N–H and O–H groups in total. The summed E-state index contributed by atoms with van der Waals surface area (Å²) in [6.07, 6.45) is 4.16. The van der Waals surface area contributed by atoms with Crippen molar-refractivity contribution < 1.29 is 4.79 Å². The maximum Gasteiger partial charge on any atom is 0.325 e. The molecule has 3 rings (SSSR count). The summed E-state index contributed by atoms with van der Waals surface area (Å²) >= 11 is 0. The summed E-state index contributed by atoms with van der Waals surface area (Å²) in [5, 5.41) is 0. The van der Waals surface area contributed by atoms with Crippen molar-refractivity contribution in [3.63, 3.8) is 0 Å². The minimum atomic E-state index is -0.563. The van der Waals surface area contributed by atoms with Gasteiger partial charge in [0, 0.05) is 49.8 Å². The first kappa shape index (κ1) is 16.9. The summed E-state index contributed by atoms with van der Waals surface area (Å²) < 4.78 is 0. The standard InChI is InChI=1S/C16H20N6O3/c1-11-12(14(24)20-16(25)19-11)10-13(23)21-6-3-7-22(9-8-21)15-17-4-2-5-18-15/h2,4-5H,3,6-10H2,1H3,(H2,19,20,24,25). The number of amides is 1. The van der Waals surface area contributed by atoms with Crippen molar-refractivity contribution in [2.24, 2.45) is 0 Å². The lowest BCUT2D eigenvalue weighted by atomic mass is 10.1. The lowest BCUT2D eigenvalue weighted by Gasteiger charge is -2.22. The topological polar surface area (TPSA) is 115 Å². The second-order valence-corrected chi connectivity index (χ2v) is 5.96. The summed E-state index contributed by atoms with van der Waals surface area (Å²) in [6.45, 7) is 4.18. The Kier molecular flexibility index (Phi) is 4.92. The van der Waals surface area contributed by atoms with Crippen molar-refractivity contribution in [3.05, 3.63) is 50.6 Å². The highest BCUT2D eigenvalue weighted by atomic mass is 16.2. The molecule has 0 atom stereocenters. The van der Waals surface area contributed by atoms with Crippen LogP contribution in [0.2, 0.25) is 0 Å². The monoisotopic (exact) mass is 344 g/mol. The van der Waals surface area contributed by atoms with E-state index in [1.54, 1.807) is 30.3 Å². The maximum atomic E-state index is 12.6. The van der Waals surface area contributed by atoms with E-state index in [9.17, 15) is 14.4 Å². The third-order valence-corrected chi connectivity index (χ3v) is 4.27. The van der Waals surface area contributed by atoms with Crippen LogP contribution in [0.5, 0.6) is 0 Å². The van der Waals surface area contributed by atoms with Gasteiger partial charge in [-0.05, 0) is 19.4 Å². The van der Waals surface area contributed by atoms with Crippen LogP contribution in [0.15, 0.2) is 28.0 Å². The number of aromatic nitrogens is 4. The van der Waals surface area contributed by atoms with Gasteiger partial charge in [0.05, 0.1) is 6.42 Å². The number of aryl methyl sites for hydroxylation is 1. The molecule has 1 aliphatic rings. The van der Waals surface area contributed by atoms with Crippen molar-refractivity contribution in [3.8, 4) is 0 Å². The van der Waals surface area contributed by atoms with Gasteiger partial charge in [-0.1, -0.05) is 0 Å². The van der Waals surface area contributed by atoms with Crippen molar-refractivity contribution in [2.75, 3.05) is 31.1 Å². The Morgan fingerprint density at radius 2 is 1.88 bits per heavy atom. The molecule has 0 radical (unpaired) electrons. The van der Waals surface area contributed by atoms with Crippen molar-refractivity contribution >= 4 is 11.9 Å². The zero-order valence-electron chi connectivity index (χ0n) is 14.0. The predicted octanol–water partition coefficient (Wildman–Crippen LogP) is -0.557. The van der Waals surface area contributed by atoms with Gasteiger partial charge in [-0.15, -0.1) is 0 Å². The van der Waals surface area contributed by atoms with E-state index < -0.39 is 11.2 Å². The molecule has 9 nitrogen and oxygen atoms in total. The molecular formula is C16H20N6O3. The zero-order valence-corrected chi connectivity index (χ0v) is 14.0. The lowest BCUT2D eigenvalue weighted by Crippen LogP contribution is -2.38. The molecule has 1 fully saturated rings. The van der Waals surface area contributed by atoms with Crippen LogP contribution in [0.25, 0.3) is 0 Å². The Hall–Kier alpha value is -2.97. The number of nitrogens with zero attached hydrogens (tertiary/aromatic N) is 4. The van der Waals surface area contributed by atoms with Gasteiger partial charge in [-0.3, -0.25) is 14.6 Å². The zero-order chi connectivity index (χ0) is 17.8. The number of H-pyrrole nitrogens is 2. The molecule has 132 valence electrons. The number of hydrogen-bond acceptors (Lipinski definition) is 6. The molecule has 2 aromatic rings. The average molecular weight is 344 g/mol. The maximum absolute atomic E-state index is 12.6. The number of carbonyl (C=O) groups excluding carboxylic acids is 1. The molecule has 0 aliphatic carbocycles. The normalized spacial score (nSPS) is 15.1. The van der Waals surface area contributed by atoms with Gasteiger partial charge >= 0.3 is 5.69 Å². The molecule has 1 saturated heterocycles. The lowest BCUT2D eigenvalue weighted by molar-refractivity contribution is -0.130. The smallest absolute Gasteiger partial charge is 0.325 e. The van der Waals surface area contributed by atoms with Gasteiger partial charge in [0.1, 0.15) is 0 Å². The predicted molar refractivity (Wildman–Crippen MR) is 91.6 cm³/mol. The van der Waals surface area contributed by atoms with E-state index in [2.05, 4.69) is 19.9 Å². The first-order chi connectivity index (χ1) is 12.0. The van der Waals surface area contributed by atoms with Crippen LogP contribution in [0, 0.1) is 6.92 Å². The van der Waals surface area contributed by atoms with E-state index in [1.807, 2.05) is 4.90 Å². The van der Waals surface area contributed by atoms with Gasteiger partial charge in [0.2, 0.25) is 11.9 Å². The Bertz CT molecular complexity index is 860. The van der Waals surface area contributed by atoms with Crippen LogP contribution in [0.4, 0.5) is 5.95 Å². The van der Waals surface area contributed by atoms with Crippen molar-refractivity contribution in [1.82, 2.24) is 24.8 Å². The highest BCUT2D eigenvalue weighted by molar-refractivity contribution is 5.79. The second kappa shape index (κ2) is 7.29.